The molecule has 1 atom stereocenters. The van der Waals surface area contributed by atoms with Gasteiger partial charge in [-0.3, -0.25) is 9.59 Å². The van der Waals surface area contributed by atoms with Crippen LogP contribution in [0.4, 0.5) is 0 Å². The maximum Gasteiger partial charge on any atom is 0.341 e. The molecule has 4 nitrogen and oxygen atoms in total. The summed E-state index contributed by atoms with van der Waals surface area (Å²) < 4.78 is 5.72. The number of rotatable bonds is 4. The van der Waals surface area contributed by atoms with Gasteiger partial charge in [0.25, 0.3) is 0 Å². The monoisotopic (exact) mass is 418 g/mol. The average Bonchev–Trinajstić information content (AvgIpc) is 2.67. The Morgan fingerprint density at radius 1 is 0.903 bits per heavy atom. The fraction of sp³-hybridized carbons (Fsp3) is 0.370. The maximum absolute atomic E-state index is 13.3. The predicted octanol–water partition coefficient (Wildman–Crippen LogP) is 6.05. The summed E-state index contributed by atoms with van der Waals surface area (Å²) in [4.78, 5) is 39.2. The molecule has 1 heterocycles. The predicted molar refractivity (Wildman–Crippen MR) is 125 cm³/mol. The largest absolute Gasteiger partial charge is 0.422 e. The smallest absolute Gasteiger partial charge is 0.341 e. The van der Waals surface area contributed by atoms with E-state index >= 15 is 0 Å². The first-order valence-corrected chi connectivity index (χ1v) is 10.5. The molecule has 0 aliphatic rings. The highest BCUT2D eigenvalue weighted by molar-refractivity contribution is 6.11. The third-order valence-electron chi connectivity index (χ3n) is 5.57. The summed E-state index contributed by atoms with van der Waals surface area (Å²) >= 11 is 0. The SMILES string of the molecule is CC(=O)C(C(=O)C(C)(C)C)c1c(-c2ccccc2)c2ccc(C(C)(C)C)cc2oc1=O. The van der Waals surface area contributed by atoms with Crippen LogP contribution < -0.4 is 5.63 Å². The molecule has 0 aliphatic carbocycles. The number of benzene rings is 2. The minimum absolute atomic E-state index is 0.120. The molecule has 0 bridgehead atoms. The second-order valence-electron chi connectivity index (χ2n) is 10.2. The van der Waals surface area contributed by atoms with Crippen LogP contribution >= 0.6 is 0 Å². The highest BCUT2D eigenvalue weighted by atomic mass is 16.4. The Balaban J connectivity index is 2.46. The van der Waals surface area contributed by atoms with Gasteiger partial charge in [-0.05, 0) is 29.5 Å². The molecule has 0 aliphatic heterocycles. The van der Waals surface area contributed by atoms with Gasteiger partial charge in [-0.25, -0.2) is 4.79 Å². The van der Waals surface area contributed by atoms with Crippen LogP contribution in [-0.4, -0.2) is 11.6 Å². The van der Waals surface area contributed by atoms with Gasteiger partial charge in [-0.2, -0.15) is 0 Å². The van der Waals surface area contributed by atoms with Crippen LogP contribution in [0.25, 0.3) is 22.1 Å². The van der Waals surface area contributed by atoms with Gasteiger partial charge in [0.2, 0.25) is 0 Å². The van der Waals surface area contributed by atoms with E-state index in [2.05, 4.69) is 20.8 Å². The highest BCUT2D eigenvalue weighted by Gasteiger charge is 2.38. The van der Waals surface area contributed by atoms with Crippen molar-refractivity contribution in [3.8, 4) is 11.1 Å². The standard InChI is InChI=1S/C27H30O4/c1-16(28)21(24(29)27(5,6)7)23-22(17-11-9-8-10-12-17)19-14-13-18(26(2,3)4)15-20(19)31-25(23)30/h8-15,21H,1-7H3. The first-order valence-electron chi connectivity index (χ1n) is 10.5. The molecule has 2 aromatic carbocycles. The second-order valence-corrected chi connectivity index (χ2v) is 10.2. The van der Waals surface area contributed by atoms with Crippen molar-refractivity contribution in [3.05, 3.63) is 70.1 Å². The molecule has 0 saturated heterocycles. The van der Waals surface area contributed by atoms with Gasteiger partial charge in [0, 0.05) is 16.4 Å². The van der Waals surface area contributed by atoms with Crippen LogP contribution in [-0.2, 0) is 15.0 Å². The van der Waals surface area contributed by atoms with Crippen LogP contribution in [0.15, 0.2) is 57.7 Å². The minimum Gasteiger partial charge on any atom is -0.422 e. The zero-order valence-corrected chi connectivity index (χ0v) is 19.3. The number of Topliss-reactive ketones (excluding diaryl/α,β-unsaturated/α-hetero) is 2. The Morgan fingerprint density at radius 3 is 2.03 bits per heavy atom. The summed E-state index contributed by atoms with van der Waals surface area (Å²) in [6.07, 6.45) is 0. The topological polar surface area (TPSA) is 64.3 Å². The third kappa shape index (κ3) is 4.39. The van der Waals surface area contributed by atoms with E-state index in [4.69, 9.17) is 4.42 Å². The van der Waals surface area contributed by atoms with Crippen LogP contribution in [0.2, 0.25) is 0 Å². The lowest BCUT2D eigenvalue weighted by Crippen LogP contribution is -2.34. The molecule has 0 spiro atoms. The summed E-state index contributed by atoms with van der Waals surface area (Å²) in [6.45, 7) is 12.9. The molecule has 4 heteroatoms. The van der Waals surface area contributed by atoms with Gasteiger partial charge in [0.15, 0.2) is 5.78 Å². The van der Waals surface area contributed by atoms with E-state index in [0.717, 1.165) is 11.1 Å². The molecule has 3 aromatic rings. The van der Waals surface area contributed by atoms with Crippen LogP contribution in [0.3, 0.4) is 0 Å². The van der Waals surface area contributed by atoms with Crippen molar-refractivity contribution in [2.45, 2.75) is 59.8 Å². The normalized spacial score (nSPS) is 13.3. The van der Waals surface area contributed by atoms with Gasteiger partial charge in [-0.15, -0.1) is 0 Å². The number of fused-ring (bicyclic) bond motifs is 1. The van der Waals surface area contributed by atoms with E-state index in [0.29, 0.717) is 16.5 Å². The molecule has 1 aromatic heterocycles. The number of carbonyl (C=O) groups is 2. The molecular formula is C27H30O4. The molecule has 0 amide bonds. The van der Waals surface area contributed by atoms with Crippen molar-refractivity contribution < 1.29 is 14.0 Å². The second kappa shape index (κ2) is 7.92. The van der Waals surface area contributed by atoms with Crippen LogP contribution in [0.1, 0.15) is 65.5 Å². The Bertz CT molecular complexity index is 1200. The lowest BCUT2D eigenvalue weighted by molar-refractivity contribution is -0.133. The molecule has 0 N–H and O–H groups in total. The number of hydrogen-bond acceptors (Lipinski definition) is 4. The summed E-state index contributed by atoms with van der Waals surface area (Å²) in [6, 6.07) is 15.2. The Morgan fingerprint density at radius 2 is 1.52 bits per heavy atom. The molecule has 0 fully saturated rings. The lowest BCUT2D eigenvalue weighted by Gasteiger charge is -2.25. The summed E-state index contributed by atoms with van der Waals surface area (Å²) in [5.74, 6) is -1.84. The van der Waals surface area contributed by atoms with Crippen molar-refractivity contribution in [2.24, 2.45) is 5.41 Å². The Kier molecular flexibility index (Phi) is 5.79. The lowest BCUT2D eigenvalue weighted by atomic mass is 9.76. The average molecular weight is 419 g/mol. The van der Waals surface area contributed by atoms with Crippen molar-refractivity contribution >= 4 is 22.5 Å². The maximum atomic E-state index is 13.3. The minimum atomic E-state index is -1.18. The fourth-order valence-electron chi connectivity index (χ4n) is 3.81. The van der Waals surface area contributed by atoms with Gasteiger partial charge in [-0.1, -0.05) is 84.0 Å². The van der Waals surface area contributed by atoms with Crippen molar-refractivity contribution in [2.75, 3.05) is 0 Å². The molecule has 0 saturated carbocycles. The molecule has 1 unspecified atom stereocenters. The van der Waals surface area contributed by atoms with Gasteiger partial charge in [0.05, 0.1) is 5.56 Å². The molecule has 31 heavy (non-hydrogen) atoms. The van der Waals surface area contributed by atoms with Crippen molar-refractivity contribution in [3.63, 3.8) is 0 Å². The Hall–Kier alpha value is -3.01. The van der Waals surface area contributed by atoms with Gasteiger partial charge >= 0.3 is 5.63 Å². The fourth-order valence-corrected chi connectivity index (χ4v) is 3.81. The van der Waals surface area contributed by atoms with E-state index in [-0.39, 0.29) is 22.5 Å². The number of carbonyl (C=O) groups excluding carboxylic acids is 2. The summed E-state index contributed by atoms with van der Waals surface area (Å²) in [5, 5.41) is 0.710. The van der Waals surface area contributed by atoms with Crippen molar-refractivity contribution in [1.82, 2.24) is 0 Å². The first kappa shape index (κ1) is 22.7. The van der Waals surface area contributed by atoms with Gasteiger partial charge < -0.3 is 4.42 Å². The van der Waals surface area contributed by atoms with E-state index < -0.39 is 17.0 Å². The number of ketones is 2. The van der Waals surface area contributed by atoms with Crippen LogP contribution in [0, 0.1) is 5.41 Å². The first-order chi connectivity index (χ1) is 14.3. The van der Waals surface area contributed by atoms with E-state index in [1.54, 1.807) is 20.8 Å². The van der Waals surface area contributed by atoms with E-state index in [1.807, 2.05) is 48.5 Å². The summed E-state index contributed by atoms with van der Waals surface area (Å²) in [7, 11) is 0. The van der Waals surface area contributed by atoms with E-state index in [9.17, 15) is 14.4 Å². The highest BCUT2D eigenvalue weighted by Crippen LogP contribution is 2.38. The zero-order chi connectivity index (χ0) is 23.1. The third-order valence-corrected chi connectivity index (χ3v) is 5.57. The van der Waals surface area contributed by atoms with Crippen molar-refractivity contribution in [1.29, 1.82) is 0 Å². The molecular weight excluding hydrogens is 388 g/mol. The molecule has 0 radical (unpaired) electrons. The molecule has 3 rings (SSSR count). The quantitative estimate of drug-likeness (QED) is 0.382. The van der Waals surface area contributed by atoms with E-state index in [1.165, 1.54) is 6.92 Å². The van der Waals surface area contributed by atoms with Gasteiger partial charge in [0.1, 0.15) is 17.3 Å². The zero-order valence-electron chi connectivity index (χ0n) is 19.3. The summed E-state index contributed by atoms with van der Waals surface area (Å²) in [5.41, 5.74) is 1.40. The Labute approximate surface area is 183 Å². The van der Waals surface area contributed by atoms with Crippen LogP contribution in [0.5, 0.6) is 0 Å². The molecule has 162 valence electrons. The number of hydrogen-bond donors (Lipinski definition) is 0.